The number of aliphatic hydroxyl groups excluding tert-OH is 2. The van der Waals surface area contributed by atoms with Crippen LogP contribution in [0.2, 0.25) is 0 Å². The Morgan fingerprint density at radius 2 is 1.50 bits per heavy atom. The fourth-order valence-electron chi connectivity index (χ4n) is 5.07. The van der Waals surface area contributed by atoms with Gasteiger partial charge in [-0.2, -0.15) is 0 Å². The Hall–Kier alpha value is -4.39. The zero-order chi connectivity index (χ0) is 32.2. The van der Waals surface area contributed by atoms with Crippen molar-refractivity contribution in [3.8, 4) is 5.75 Å². The molecule has 1 unspecified atom stereocenters. The topological polar surface area (TPSA) is 175 Å². The number of amides is 1. The van der Waals surface area contributed by atoms with Gasteiger partial charge in [0.15, 0.2) is 5.75 Å². The number of hydrogen-bond donors (Lipinski definition) is 6. The molecule has 0 saturated carbocycles. The van der Waals surface area contributed by atoms with E-state index in [1.54, 1.807) is 19.2 Å². The molecule has 1 aromatic carbocycles. The summed E-state index contributed by atoms with van der Waals surface area (Å²) in [6.07, 6.45) is 3.85. The first-order valence-corrected chi connectivity index (χ1v) is 14.7. The van der Waals surface area contributed by atoms with E-state index in [1.165, 1.54) is 22.4 Å². The summed E-state index contributed by atoms with van der Waals surface area (Å²) < 4.78 is 2.60. The predicted octanol–water partition coefficient (Wildman–Crippen LogP) is 0.762. The van der Waals surface area contributed by atoms with Crippen molar-refractivity contribution in [1.82, 2.24) is 24.7 Å². The van der Waals surface area contributed by atoms with E-state index in [4.69, 9.17) is 10.8 Å². The van der Waals surface area contributed by atoms with Crippen molar-refractivity contribution in [3.63, 3.8) is 0 Å². The van der Waals surface area contributed by atoms with E-state index in [-0.39, 0.29) is 49.9 Å². The summed E-state index contributed by atoms with van der Waals surface area (Å²) in [5.74, 6) is -0.944. The van der Waals surface area contributed by atoms with Gasteiger partial charge in [-0.1, -0.05) is 25.6 Å². The molecular weight excluding hydrogens is 564 g/mol. The molecule has 0 aliphatic carbocycles. The molecule has 238 valence electrons. The minimum absolute atomic E-state index is 0.0177. The Balaban J connectivity index is 1.64. The number of anilines is 1. The lowest BCUT2D eigenvalue weighted by Gasteiger charge is -2.27. The zero-order valence-corrected chi connectivity index (χ0v) is 25.5. The SMILES string of the molecule is C=C(NCCN(CCNC(=O)c1ccn(CCO)c(=O)c1O)CC(C)Cc1ccc(N)cc1)c1ccn(CCO)c(=O)c1C. The predicted molar refractivity (Wildman–Crippen MR) is 172 cm³/mol. The quantitative estimate of drug-likeness (QED) is 0.121. The summed E-state index contributed by atoms with van der Waals surface area (Å²) in [6, 6.07) is 11.0. The number of pyridine rings is 2. The summed E-state index contributed by atoms with van der Waals surface area (Å²) >= 11 is 0. The number of aliphatic hydroxyl groups is 2. The third-order valence-electron chi connectivity index (χ3n) is 7.41. The molecule has 0 radical (unpaired) electrons. The first kappa shape index (κ1) is 34.1. The third-order valence-corrected chi connectivity index (χ3v) is 7.41. The highest BCUT2D eigenvalue weighted by molar-refractivity contribution is 5.96. The molecule has 12 heteroatoms. The van der Waals surface area contributed by atoms with E-state index >= 15 is 0 Å². The maximum atomic E-state index is 12.8. The van der Waals surface area contributed by atoms with Crippen LogP contribution >= 0.6 is 0 Å². The number of benzene rings is 1. The molecule has 0 fully saturated rings. The van der Waals surface area contributed by atoms with E-state index in [0.717, 1.165) is 17.5 Å². The van der Waals surface area contributed by atoms with Gasteiger partial charge < -0.3 is 40.8 Å². The number of rotatable bonds is 17. The summed E-state index contributed by atoms with van der Waals surface area (Å²) in [5.41, 5.74) is 8.54. The zero-order valence-electron chi connectivity index (χ0n) is 25.5. The van der Waals surface area contributed by atoms with Crippen LogP contribution in [-0.2, 0) is 19.5 Å². The summed E-state index contributed by atoms with van der Waals surface area (Å²) in [5, 5.41) is 34.6. The lowest BCUT2D eigenvalue weighted by atomic mass is 10.0. The van der Waals surface area contributed by atoms with Crippen molar-refractivity contribution in [2.24, 2.45) is 5.92 Å². The molecule has 12 nitrogen and oxygen atoms in total. The van der Waals surface area contributed by atoms with Crippen LogP contribution in [0.5, 0.6) is 5.75 Å². The normalized spacial score (nSPS) is 11.8. The van der Waals surface area contributed by atoms with Crippen LogP contribution in [0.4, 0.5) is 5.69 Å². The van der Waals surface area contributed by atoms with E-state index in [0.29, 0.717) is 42.1 Å². The van der Waals surface area contributed by atoms with Crippen LogP contribution < -0.4 is 27.5 Å². The molecule has 7 N–H and O–H groups in total. The fourth-order valence-corrected chi connectivity index (χ4v) is 5.07. The average molecular weight is 609 g/mol. The van der Waals surface area contributed by atoms with Gasteiger partial charge in [-0.15, -0.1) is 0 Å². The van der Waals surface area contributed by atoms with Crippen molar-refractivity contribution in [2.75, 3.05) is 51.7 Å². The first-order valence-electron chi connectivity index (χ1n) is 14.7. The van der Waals surface area contributed by atoms with Crippen molar-refractivity contribution >= 4 is 17.3 Å². The minimum atomic E-state index is -0.739. The number of carbonyl (C=O) groups is 1. The maximum Gasteiger partial charge on any atom is 0.293 e. The first-order chi connectivity index (χ1) is 21.0. The summed E-state index contributed by atoms with van der Waals surface area (Å²) in [4.78, 5) is 39.9. The smallest absolute Gasteiger partial charge is 0.293 e. The monoisotopic (exact) mass is 608 g/mol. The van der Waals surface area contributed by atoms with Gasteiger partial charge >= 0.3 is 0 Å². The van der Waals surface area contributed by atoms with Gasteiger partial charge in [-0.3, -0.25) is 19.3 Å². The van der Waals surface area contributed by atoms with Crippen molar-refractivity contribution in [1.29, 1.82) is 0 Å². The van der Waals surface area contributed by atoms with E-state index in [1.807, 2.05) is 24.3 Å². The van der Waals surface area contributed by atoms with Gasteiger partial charge in [0.1, 0.15) is 0 Å². The van der Waals surface area contributed by atoms with Crippen LogP contribution in [-0.4, -0.2) is 81.2 Å². The standard InChI is InChI=1S/C32H44N6O6/c1-22(20-25-4-6-26(33)7-5-25)21-36(14-10-34-24(3)27-8-12-37(16-18-39)31(43)23(27)2)15-11-35-30(42)28-9-13-38(17-19-40)32(44)29(28)41/h4-9,12-13,22,34,39-41H,3,10-11,14-21,33H2,1-2H3,(H,35,42). The van der Waals surface area contributed by atoms with E-state index in [9.17, 15) is 24.6 Å². The van der Waals surface area contributed by atoms with Crippen molar-refractivity contribution in [2.45, 2.75) is 33.4 Å². The van der Waals surface area contributed by atoms with Crippen LogP contribution in [0.1, 0.15) is 34.0 Å². The highest BCUT2D eigenvalue weighted by Gasteiger charge is 2.17. The highest BCUT2D eigenvalue weighted by Crippen LogP contribution is 2.14. The van der Waals surface area contributed by atoms with E-state index in [2.05, 4.69) is 29.0 Å². The number of carbonyl (C=O) groups excluding carboxylic acids is 1. The molecule has 0 aliphatic heterocycles. The molecule has 3 rings (SSSR count). The van der Waals surface area contributed by atoms with Gasteiger partial charge in [0.05, 0.1) is 18.8 Å². The number of aromatic nitrogens is 2. The fraction of sp³-hybridized carbons (Fsp3) is 0.406. The molecule has 1 atom stereocenters. The Morgan fingerprint density at radius 1 is 0.932 bits per heavy atom. The summed E-state index contributed by atoms with van der Waals surface area (Å²) in [7, 11) is 0. The van der Waals surface area contributed by atoms with Crippen molar-refractivity contribution in [3.05, 3.63) is 98.3 Å². The molecule has 3 aromatic rings. The van der Waals surface area contributed by atoms with Crippen LogP contribution in [0.3, 0.4) is 0 Å². The second kappa shape index (κ2) is 16.5. The Bertz CT molecular complexity index is 1440. The largest absolute Gasteiger partial charge is 0.502 e. The van der Waals surface area contributed by atoms with Gasteiger partial charge in [-0.05, 0) is 49.1 Å². The molecule has 2 heterocycles. The molecular formula is C32H44N6O6. The van der Waals surface area contributed by atoms with Crippen LogP contribution in [0.15, 0.2) is 65.0 Å². The Morgan fingerprint density at radius 3 is 2.11 bits per heavy atom. The summed E-state index contributed by atoms with van der Waals surface area (Å²) in [6.45, 7) is 10.5. The number of aromatic hydroxyl groups is 1. The third kappa shape index (κ3) is 9.30. The molecule has 1 amide bonds. The number of nitrogen functional groups attached to an aromatic ring is 1. The molecule has 0 spiro atoms. The molecule has 2 aromatic heterocycles. The lowest BCUT2D eigenvalue weighted by molar-refractivity contribution is 0.0944. The average Bonchev–Trinajstić information content (AvgIpc) is 2.99. The molecule has 0 saturated heterocycles. The van der Waals surface area contributed by atoms with Gasteiger partial charge in [-0.25, -0.2) is 0 Å². The van der Waals surface area contributed by atoms with E-state index < -0.39 is 17.2 Å². The van der Waals surface area contributed by atoms with Crippen molar-refractivity contribution < 1.29 is 20.1 Å². The number of hydrogen-bond acceptors (Lipinski definition) is 9. The number of nitrogens with one attached hydrogen (secondary N) is 2. The van der Waals surface area contributed by atoms with Gasteiger partial charge in [0, 0.05) is 80.7 Å². The molecule has 44 heavy (non-hydrogen) atoms. The second-order valence-electron chi connectivity index (χ2n) is 10.9. The van der Waals surface area contributed by atoms with Crippen LogP contribution in [0.25, 0.3) is 5.70 Å². The molecule has 0 bridgehead atoms. The van der Waals surface area contributed by atoms with Crippen LogP contribution in [0, 0.1) is 12.8 Å². The highest BCUT2D eigenvalue weighted by atomic mass is 16.3. The van der Waals surface area contributed by atoms with Gasteiger partial charge in [0.25, 0.3) is 17.0 Å². The Labute approximate surface area is 257 Å². The maximum absolute atomic E-state index is 12.8. The second-order valence-corrected chi connectivity index (χ2v) is 10.9. The van der Waals surface area contributed by atoms with Gasteiger partial charge in [0.2, 0.25) is 0 Å². The molecule has 0 aliphatic rings. The number of nitrogens with two attached hydrogens (primary N) is 1. The lowest BCUT2D eigenvalue weighted by Crippen LogP contribution is -2.40. The number of nitrogens with zero attached hydrogens (tertiary/aromatic N) is 3. The Kier molecular flexibility index (Phi) is 12.8. The minimum Gasteiger partial charge on any atom is -0.502 e.